The number of aliphatic carboxylic acids is 1. The van der Waals surface area contributed by atoms with Gasteiger partial charge in [0, 0.05) is 25.7 Å². The fraction of sp³-hybridized carbons (Fsp3) is 0.750. The van der Waals surface area contributed by atoms with E-state index in [1.54, 1.807) is 4.90 Å². The molecule has 4 N–H and O–H groups in total. The highest BCUT2D eigenvalue weighted by molar-refractivity contribution is 5.87. The van der Waals surface area contributed by atoms with Crippen LogP contribution >= 0.6 is 0 Å². The minimum atomic E-state index is -1.26. The number of nitrogens with two attached hydrogens (primary N) is 1. The first kappa shape index (κ1) is 14.6. The molecular weight excluding hydrogens is 264 g/mol. The van der Waals surface area contributed by atoms with Gasteiger partial charge in [-0.25, -0.2) is 9.59 Å². The van der Waals surface area contributed by atoms with Crippen LogP contribution in [0.5, 0.6) is 0 Å². The second-order valence-electron chi connectivity index (χ2n) is 5.29. The maximum absolute atomic E-state index is 12.1. The zero-order valence-corrected chi connectivity index (χ0v) is 11.2. The van der Waals surface area contributed by atoms with Crippen LogP contribution in [0.25, 0.3) is 0 Å². The molecule has 2 atom stereocenters. The molecular formula is C12H20N4O4. The van der Waals surface area contributed by atoms with Crippen LogP contribution in [-0.4, -0.2) is 71.1 Å². The predicted molar refractivity (Wildman–Crippen MR) is 69.9 cm³/mol. The first-order chi connectivity index (χ1) is 9.47. The van der Waals surface area contributed by atoms with Gasteiger partial charge in [0.1, 0.15) is 6.04 Å². The molecule has 0 bridgehead atoms. The third-order valence-corrected chi connectivity index (χ3v) is 3.88. The monoisotopic (exact) mass is 284 g/mol. The molecule has 2 heterocycles. The third-order valence-electron chi connectivity index (χ3n) is 3.88. The van der Waals surface area contributed by atoms with E-state index in [1.807, 2.05) is 0 Å². The van der Waals surface area contributed by atoms with Gasteiger partial charge in [-0.15, -0.1) is 0 Å². The molecule has 3 amide bonds. The van der Waals surface area contributed by atoms with Gasteiger partial charge >= 0.3 is 12.0 Å². The fourth-order valence-electron chi connectivity index (χ4n) is 2.82. The second-order valence-corrected chi connectivity index (χ2v) is 5.29. The van der Waals surface area contributed by atoms with Gasteiger partial charge in [-0.2, -0.15) is 0 Å². The van der Waals surface area contributed by atoms with Gasteiger partial charge in [0.25, 0.3) is 0 Å². The first-order valence-electron chi connectivity index (χ1n) is 6.78. The van der Waals surface area contributed by atoms with E-state index in [0.717, 1.165) is 25.9 Å². The van der Waals surface area contributed by atoms with Gasteiger partial charge in [0.15, 0.2) is 0 Å². The number of carbonyl (C=O) groups is 3. The van der Waals surface area contributed by atoms with E-state index in [-0.39, 0.29) is 0 Å². The van der Waals surface area contributed by atoms with Crippen molar-refractivity contribution < 1.29 is 19.5 Å². The summed E-state index contributed by atoms with van der Waals surface area (Å²) < 4.78 is 0. The summed E-state index contributed by atoms with van der Waals surface area (Å²) in [5.74, 6) is -2.00. The molecule has 2 fully saturated rings. The lowest BCUT2D eigenvalue weighted by atomic mass is 10.1. The number of hydrogen-bond donors (Lipinski definition) is 3. The lowest BCUT2D eigenvalue weighted by molar-refractivity contribution is -0.141. The Labute approximate surface area is 116 Å². The first-order valence-corrected chi connectivity index (χ1v) is 6.78. The molecule has 2 rings (SSSR count). The number of carboxylic acids is 1. The summed E-state index contributed by atoms with van der Waals surface area (Å²) in [5.41, 5.74) is 4.98. The summed E-state index contributed by atoms with van der Waals surface area (Å²) in [6, 6.07) is -1.33. The largest absolute Gasteiger partial charge is 0.480 e. The normalized spacial score (nSPS) is 24.0. The highest BCUT2D eigenvalue weighted by Gasteiger charge is 2.33. The van der Waals surface area contributed by atoms with Crippen LogP contribution in [-0.2, 0) is 9.59 Å². The maximum atomic E-state index is 12.1. The quantitative estimate of drug-likeness (QED) is 0.600. The summed E-state index contributed by atoms with van der Waals surface area (Å²) in [4.78, 5) is 37.8. The molecule has 8 heteroatoms. The second kappa shape index (κ2) is 6.08. The minimum Gasteiger partial charge on any atom is -0.480 e. The van der Waals surface area contributed by atoms with Gasteiger partial charge in [-0.1, -0.05) is 0 Å². The van der Waals surface area contributed by atoms with E-state index >= 15 is 0 Å². The van der Waals surface area contributed by atoms with Gasteiger partial charge in [0.2, 0.25) is 5.91 Å². The minimum absolute atomic E-state index is 0.369. The van der Waals surface area contributed by atoms with E-state index in [2.05, 4.69) is 10.2 Å². The van der Waals surface area contributed by atoms with Crippen LogP contribution in [0, 0.1) is 0 Å². The number of piperazine rings is 1. The number of carboxylic acid groups (broad SMARTS) is 1. The van der Waals surface area contributed by atoms with Crippen LogP contribution in [0.15, 0.2) is 0 Å². The van der Waals surface area contributed by atoms with Gasteiger partial charge < -0.3 is 21.1 Å². The van der Waals surface area contributed by atoms with Crippen molar-refractivity contribution in [3.8, 4) is 0 Å². The lowest BCUT2D eigenvalue weighted by Gasteiger charge is -2.37. The third kappa shape index (κ3) is 3.38. The molecule has 0 radical (unpaired) electrons. The van der Waals surface area contributed by atoms with Crippen molar-refractivity contribution in [2.75, 3.05) is 26.2 Å². The van der Waals surface area contributed by atoms with Gasteiger partial charge in [-0.05, 0) is 19.4 Å². The van der Waals surface area contributed by atoms with Crippen molar-refractivity contribution in [2.45, 2.75) is 31.3 Å². The van der Waals surface area contributed by atoms with E-state index in [4.69, 9.17) is 10.8 Å². The molecule has 112 valence electrons. The number of carbonyl (C=O) groups excluding carboxylic acids is 2. The Kier molecular flexibility index (Phi) is 4.43. The summed E-state index contributed by atoms with van der Waals surface area (Å²) in [7, 11) is 0. The Bertz CT molecular complexity index is 414. The van der Waals surface area contributed by atoms with Crippen LogP contribution in [0.3, 0.4) is 0 Å². The number of amides is 3. The average Bonchev–Trinajstić information content (AvgIpc) is 2.84. The number of urea groups is 1. The number of primary amides is 1. The highest BCUT2D eigenvalue weighted by Crippen LogP contribution is 2.21. The summed E-state index contributed by atoms with van der Waals surface area (Å²) in [5, 5.41) is 11.3. The number of nitrogens with zero attached hydrogens (tertiary/aromatic N) is 2. The molecule has 2 aliphatic rings. The summed E-state index contributed by atoms with van der Waals surface area (Å²) in [6.07, 6.45) is 1.80. The van der Waals surface area contributed by atoms with E-state index in [1.165, 1.54) is 0 Å². The number of hydrogen-bond acceptors (Lipinski definition) is 4. The molecule has 8 nitrogen and oxygen atoms in total. The summed E-state index contributed by atoms with van der Waals surface area (Å²) >= 11 is 0. The van der Waals surface area contributed by atoms with E-state index in [9.17, 15) is 14.4 Å². The van der Waals surface area contributed by atoms with E-state index < -0.39 is 30.4 Å². The number of rotatable bonds is 4. The highest BCUT2D eigenvalue weighted by atomic mass is 16.4. The Morgan fingerprint density at radius 1 is 1.30 bits per heavy atom. The molecule has 0 aromatic heterocycles. The molecule has 0 aliphatic carbocycles. The van der Waals surface area contributed by atoms with Crippen molar-refractivity contribution in [2.24, 2.45) is 5.73 Å². The topological polar surface area (TPSA) is 116 Å². The molecule has 0 aromatic carbocycles. The van der Waals surface area contributed by atoms with Crippen molar-refractivity contribution in [3.05, 3.63) is 0 Å². The molecule has 2 saturated heterocycles. The SMILES string of the molecule is NC(=O)CC(NC(=O)N1CCN2CCCC2C1)C(=O)O. The smallest absolute Gasteiger partial charge is 0.326 e. The van der Waals surface area contributed by atoms with Crippen molar-refractivity contribution in [1.29, 1.82) is 0 Å². The lowest BCUT2D eigenvalue weighted by Crippen LogP contribution is -2.57. The standard InChI is InChI=1S/C12H20N4O4/c13-10(17)6-9(11(18)19)14-12(20)16-5-4-15-3-1-2-8(15)7-16/h8-9H,1-7H2,(H2,13,17)(H,14,20)(H,18,19). The summed E-state index contributed by atoms with van der Waals surface area (Å²) in [6.45, 7) is 3.06. The van der Waals surface area contributed by atoms with E-state index in [0.29, 0.717) is 19.1 Å². The fourth-order valence-corrected chi connectivity index (χ4v) is 2.82. The Morgan fingerprint density at radius 3 is 2.70 bits per heavy atom. The zero-order valence-electron chi connectivity index (χ0n) is 11.2. The molecule has 2 aliphatic heterocycles. The average molecular weight is 284 g/mol. The molecule has 20 heavy (non-hydrogen) atoms. The number of fused-ring (bicyclic) bond motifs is 1. The van der Waals surface area contributed by atoms with Crippen LogP contribution in [0.1, 0.15) is 19.3 Å². The Balaban J connectivity index is 1.90. The molecule has 0 saturated carbocycles. The molecule has 2 unspecified atom stereocenters. The number of nitrogens with one attached hydrogen (secondary N) is 1. The van der Waals surface area contributed by atoms with Crippen LogP contribution in [0.4, 0.5) is 4.79 Å². The van der Waals surface area contributed by atoms with Crippen LogP contribution in [0.2, 0.25) is 0 Å². The maximum Gasteiger partial charge on any atom is 0.326 e. The molecule has 0 spiro atoms. The Morgan fingerprint density at radius 2 is 2.05 bits per heavy atom. The van der Waals surface area contributed by atoms with Crippen molar-refractivity contribution in [3.63, 3.8) is 0 Å². The van der Waals surface area contributed by atoms with Crippen molar-refractivity contribution in [1.82, 2.24) is 15.1 Å². The van der Waals surface area contributed by atoms with Gasteiger partial charge in [0.05, 0.1) is 6.42 Å². The molecule has 0 aromatic rings. The zero-order chi connectivity index (χ0) is 14.7. The van der Waals surface area contributed by atoms with Gasteiger partial charge in [-0.3, -0.25) is 9.69 Å². The predicted octanol–water partition coefficient (Wildman–Crippen LogP) is -1.20. The van der Waals surface area contributed by atoms with Crippen LogP contribution < -0.4 is 11.1 Å². The Hall–Kier alpha value is -1.83. The van der Waals surface area contributed by atoms with Crippen molar-refractivity contribution >= 4 is 17.9 Å².